The summed E-state index contributed by atoms with van der Waals surface area (Å²) in [7, 11) is 1.72. The number of hydrogen-bond donors (Lipinski definition) is 1. The van der Waals surface area contributed by atoms with Crippen LogP contribution in [0.3, 0.4) is 0 Å². The summed E-state index contributed by atoms with van der Waals surface area (Å²) >= 11 is 0. The molecule has 0 aliphatic rings. The fraction of sp³-hybridized carbons (Fsp3) is 0.368. The van der Waals surface area contributed by atoms with Crippen LogP contribution in [-0.2, 0) is 6.54 Å². The highest BCUT2D eigenvalue weighted by Gasteiger charge is 2.06. The summed E-state index contributed by atoms with van der Waals surface area (Å²) in [5.41, 5.74) is 5.06. The van der Waals surface area contributed by atoms with Crippen molar-refractivity contribution < 1.29 is 4.74 Å². The Morgan fingerprint density at radius 3 is 2.24 bits per heavy atom. The van der Waals surface area contributed by atoms with E-state index in [9.17, 15) is 0 Å². The highest BCUT2D eigenvalue weighted by molar-refractivity contribution is 5.66. The largest absolute Gasteiger partial charge is 0.496 e. The van der Waals surface area contributed by atoms with E-state index in [-0.39, 0.29) is 0 Å². The molecule has 2 heteroatoms. The minimum Gasteiger partial charge on any atom is -0.496 e. The van der Waals surface area contributed by atoms with Gasteiger partial charge in [0.05, 0.1) is 7.11 Å². The monoisotopic (exact) mass is 283 g/mol. The van der Waals surface area contributed by atoms with Crippen molar-refractivity contribution in [3.63, 3.8) is 0 Å². The Labute approximate surface area is 128 Å². The Kier molecular flexibility index (Phi) is 5.40. The van der Waals surface area contributed by atoms with Gasteiger partial charge in [0.15, 0.2) is 0 Å². The van der Waals surface area contributed by atoms with E-state index in [0.29, 0.717) is 5.92 Å². The molecule has 0 bridgehead atoms. The molecule has 21 heavy (non-hydrogen) atoms. The Morgan fingerprint density at radius 1 is 1.00 bits per heavy atom. The third-order valence-electron chi connectivity index (χ3n) is 3.76. The zero-order valence-electron chi connectivity index (χ0n) is 13.4. The zero-order chi connectivity index (χ0) is 15.2. The van der Waals surface area contributed by atoms with Gasteiger partial charge in [-0.15, -0.1) is 0 Å². The smallest absolute Gasteiger partial charge is 0.123 e. The maximum absolute atomic E-state index is 5.44. The van der Waals surface area contributed by atoms with Crippen molar-refractivity contribution in [3.05, 3.63) is 53.6 Å². The van der Waals surface area contributed by atoms with Gasteiger partial charge in [-0.1, -0.05) is 51.1 Å². The van der Waals surface area contributed by atoms with Crippen molar-refractivity contribution >= 4 is 0 Å². The van der Waals surface area contributed by atoms with Crippen LogP contribution in [-0.4, -0.2) is 13.7 Å². The van der Waals surface area contributed by atoms with Gasteiger partial charge < -0.3 is 10.1 Å². The van der Waals surface area contributed by atoms with Crippen molar-refractivity contribution in [2.24, 2.45) is 0 Å². The third kappa shape index (κ3) is 3.85. The van der Waals surface area contributed by atoms with E-state index in [1.807, 2.05) is 0 Å². The van der Waals surface area contributed by atoms with Gasteiger partial charge in [-0.25, -0.2) is 0 Å². The van der Waals surface area contributed by atoms with Crippen molar-refractivity contribution in [1.29, 1.82) is 0 Å². The zero-order valence-corrected chi connectivity index (χ0v) is 13.4. The Bertz CT molecular complexity index is 573. The second-order valence-electron chi connectivity index (χ2n) is 5.58. The second kappa shape index (κ2) is 7.28. The maximum atomic E-state index is 5.44. The van der Waals surface area contributed by atoms with E-state index in [1.54, 1.807) is 7.11 Å². The molecule has 0 aromatic heterocycles. The number of benzene rings is 2. The molecule has 0 unspecified atom stereocenters. The van der Waals surface area contributed by atoms with Crippen LogP contribution in [0.4, 0.5) is 0 Å². The lowest BCUT2D eigenvalue weighted by Crippen LogP contribution is -2.12. The summed E-state index contributed by atoms with van der Waals surface area (Å²) in [5, 5.41) is 3.36. The average Bonchev–Trinajstić information content (AvgIpc) is 2.52. The molecule has 0 amide bonds. The van der Waals surface area contributed by atoms with Gasteiger partial charge >= 0.3 is 0 Å². The van der Waals surface area contributed by atoms with Crippen LogP contribution in [0.2, 0.25) is 0 Å². The molecule has 0 radical (unpaired) electrons. The number of rotatable bonds is 6. The SMILES string of the molecule is CCNCc1cc(-c2ccc(C(C)C)cc2)ccc1OC. The van der Waals surface area contributed by atoms with E-state index in [4.69, 9.17) is 4.74 Å². The van der Waals surface area contributed by atoms with Crippen LogP contribution in [0.5, 0.6) is 5.75 Å². The molecule has 0 saturated heterocycles. The van der Waals surface area contributed by atoms with Crippen LogP contribution in [0.15, 0.2) is 42.5 Å². The lowest BCUT2D eigenvalue weighted by Gasteiger charge is -2.12. The molecule has 0 aliphatic heterocycles. The fourth-order valence-corrected chi connectivity index (χ4v) is 2.42. The van der Waals surface area contributed by atoms with Gasteiger partial charge in [0, 0.05) is 12.1 Å². The summed E-state index contributed by atoms with van der Waals surface area (Å²) in [5.74, 6) is 1.51. The highest BCUT2D eigenvalue weighted by Crippen LogP contribution is 2.28. The lowest BCUT2D eigenvalue weighted by atomic mass is 9.97. The van der Waals surface area contributed by atoms with Crippen molar-refractivity contribution in [1.82, 2.24) is 5.32 Å². The molecule has 2 aromatic carbocycles. The van der Waals surface area contributed by atoms with Crippen LogP contribution in [0.1, 0.15) is 37.8 Å². The molecule has 0 fully saturated rings. The minimum atomic E-state index is 0.569. The molecular formula is C19H25NO. The molecule has 112 valence electrons. The molecule has 0 saturated carbocycles. The molecule has 0 heterocycles. The van der Waals surface area contributed by atoms with E-state index in [0.717, 1.165) is 18.8 Å². The number of ether oxygens (including phenoxy) is 1. The van der Waals surface area contributed by atoms with Gasteiger partial charge in [0.25, 0.3) is 0 Å². The number of nitrogens with one attached hydrogen (secondary N) is 1. The Balaban J connectivity index is 2.30. The van der Waals surface area contributed by atoms with Crippen molar-refractivity contribution in [3.8, 4) is 16.9 Å². The predicted molar refractivity (Wildman–Crippen MR) is 89.9 cm³/mol. The third-order valence-corrected chi connectivity index (χ3v) is 3.76. The normalized spacial score (nSPS) is 10.9. The van der Waals surface area contributed by atoms with E-state index < -0.39 is 0 Å². The summed E-state index contributed by atoms with van der Waals surface area (Å²) < 4.78 is 5.44. The van der Waals surface area contributed by atoms with Gasteiger partial charge in [-0.3, -0.25) is 0 Å². The highest BCUT2D eigenvalue weighted by atomic mass is 16.5. The molecule has 0 spiro atoms. The van der Waals surface area contributed by atoms with Gasteiger partial charge in [-0.2, -0.15) is 0 Å². The first kappa shape index (κ1) is 15.6. The van der Waals surface area contributed by atoms with E-state index >= 15 is 0 Å². The summed E-state index contributed by atoms with van der Waals surface area (Å²) in [6.45, 7) is 8.34. The van der Waals surface area contributed by atoms with Crippen LogP contribution < -0.4 is 10.1 Å². The molecule has 0 atom stereocenters. The first-order chi connectivity index (χ1) is 10.2. The van der Waals surface area contributed by atoms with Crippen LogP contribution >= 0.6 is 0 Å². The van der Waals surface area contributed by atoms with Crippen LogP contribution in [0.25, 0.3) is 11.1 Å². The Hall–Kier alpha value is -1.80. The minimum absolute atomic E-state index is 0.569. The maximum Gasteiger partial charge on any atom is 0.123 e. The van der Waals surface area contributed by atoms with Crippen molar-refractivity contribution in [2.75, 3.05) is 13.7 Å². The molecule has 2 aromatic rings. The topological polar surface area (TPSA) is 21.3 Å². The average molecular weight is 283 g/mol. The first-order valence-corrected chi connectivity index (χ1v) is 7.63. The molecule has 1 N–H and O–H groups in total. The molecular weight excluding hydrogens is 258 g/mol. The Morgan fingerprint density at radius 2 is 1.67 bits per heavy atom. The molecule has 0 aliphatic carbocycles. The standard InChI is InChI=1S/C19H25NO/c1-5-20-13-18-12-17(10-11-19(18)21-4)16-8-6-15(7-9-16)14(2)3/h6-12,14,20H,5,13H2,1-4H3. The van der Waals surface area contributed by atoms with Crippen molar-refractivity contribution in [2.45, 2.75) is 33.2 Å². The van der Waals surface area contributed by atoms with Gasteiger partial charge in [-0.05, 0) is 41.3 Å². The van der Waals surface area contributed by atoms with E-state index in [1.165, 1.54) is 22.3 Å². The first-order valence-electron chi connectivity index (χ1n) is 7.63. The number of methoxy groups -OCH3 is 1. The van der Waals surface area contributed by atoms with Crippen LogP contribution in [0, 0.1) is 0 Å². The van der Waals surface area contributed by atoms with E-state index in [2.05, 4.69) is 68.6 Å². The number of hydrogen-bond acceptors (Lipinski definition) is 2. The van der Waals surface area contributed by atoms with Gasteiger partial charge in [0.1, 0.15) is 5.75 Å². The quantitative estimate of drug-likeness (QED) is 0.837. The summed E-state index contributed by atoms with van der Waals surface area (Å²) in [6, 6.07) is 15.2. The second-order valence-corrected chi connectivity index (χ2v) is 5.58. The molecule has 2 nitrogen and oxygen atoms in total. The summed E-state index contributed by atoms with van der Waals surface area (Å²) in [6.07, 6.45) is 0. The lowest BCUT2D eigenvalue weighted by molar-refractivity contribution is 0.408. The predicted octanol–water partition coefficient (Wildman–Crippen LogP) is 4.60. The molecule has 2 rings (SSSR count). The fourth-order valence-electron chi connectivity index (χ4n) is 2.42. The summed E-state index contributed by atoms with van der Waals surface area (Å²) in [4.78, 5) is 0. The van der Waals surface area contributed by atoms with Gasteiger partial charge in [0.2, 0.25) is 0 Å².